The topological polar surface area (TPSA) is 117 Å². The summed E-state index contributed by atoms with van der Waals surface area (Å²) in [6, 6.07) is 5.72. The number of nitrogens with zero attached hydrogens (tertiary/aromatic N) is 3. The summed E-state index contributed by atoms with van der Waals surface area (Å²) in [4.78, 5) is 11.0. The Bertz CT molecular complexity index is 356. The van der Waals surface area contributed by atoms with E-state index in [9.17, 15) is 0 Å². The second-order valence-electron chi connectivity index (χ2n) is 2.58. The van der Waals surface area contributed by atoms with Crippen LogP contribution in [0.15, 0.2) is 36.9 Å². The molecule has 2 aromatic rings. The van der Waals surface area contributed by atoms with Crippen molar-refractivity contribution in [3.63, 3.8) is 0 Å². The van der Waals surface area contributed by atoms with Gasteiger partial charge >= 0.3 is 0 Å². The molecular weight excluding hydrogens is 192 g/mol. The molecule has 0 saturated carbocycles. The molecule has 0 aliphatic rings. The third kappa shape index (κ3) is 3.47. The lowest BCUT2D eigenvalue weighted by molar-refractivity contribution is 1.19. The first-order valence-corrected chi connectivity index (χ1v) is 4.18. The lowest BCUT2D eigenvalue weighted by Gasteiger charge is -1.98. The maximum atomic E-state index is 5.31. The SMILES string of the molecule is Nc1ncnc(N)c1N.c1ccncc1. The number of rotatable bonds is 0. The Morgan fingerprint density at radius 1 is 0.800 bits per heavy atom. The summed E-state index contributed by atoms with van der Waals surface area (Å²) in [5, 5.41) is 0. The number of hydrogen-bond acceptors (Lipinski definition) is 6. The Morgan fingerprint density at radius 3 is 1.60 bits per heavy atom. The van der Waals surface area contributed by atoms with E-state index in [0.717, 1.165) is 0 Å². The van der Waals surface area contributed by atoms with Crippen LogP contribution >= 0.6 is 0 Å². The predicted octanol–water partition coefficient (Wildman–Crippen LogP) is 0.305. The van der Waals surface area contributed by atoms with Crippen LogP contribution in [0.4, 0.5) is 17.3 Å². The van der Waals surface area contributed by atoms with E-state index in [0.29, 0.717) is 0 Å². The van der Waals surface area contributed by atoms with Gasteiger partial charge in [0.15, 0.2) is 11.6 Å². The second-order valence-corrected chi connectivity index (χ2v) is 2.58. The molecule has 15 heavy (non-hydrogen) atoms. The number of hydrogen-bond donors (Lipinski definition) is 3. The lowest BCUT2D eigenvalue weighted by atomic mass is 10.4. The van der Waals surface area contributed by atoms with Crippen LogP contribution < -0.4 is 17.2 Å². The van der Waals surface area contributed by atoms with E-state index in [1.54, 1.807) is 12.4 Å². The minimum absolute atomic E-state index is 0.225. The Hall–Kier alpha value is -2.37. The van der Waals surface area contributed by atoms with Crippen molar-refractivity contribution >= 4 is 17.3 Å². The first-order chi connectivity index (χ1) is 7.22. The molecule has 2 rings (SSSR count). The van der Waals surface area contributed by atoms with E-state index >= 15 is 0 Å². The highest BCUT2D eigenvalue weighted by Gasteiger charge is 1.97. The van der Waals surface area contributed by atoms with Crippen LogP contribution in [0, 0.1) is 0 Å². The minimum Gasteiger partial charge on any atom is -0.393 e. The molecule has 0 unspecified atom stereocenters. The Balaban J connectivity index is 0.000000162. The van der Waals surface area contributed by atoms with Crippen LogP contribution in [0.3, 0.4) is 0 Å². The summed E-state index contributed by atoms with van der Waals surface area (Å²) >= 11 is 0. The molecule has 6 N–H and O–H groups in total. The molecule has 0 aliphatic heterocycles. The molecule has 2 aromatic heterocycles. The molecule has 0 spiro atoms. The number of nitrogen functional groups attached to an aromatic ring is 3. The Kier molecular flexibility index (Phi) is 3.84. The van der Waals surface area contributed by atoms with Crippen LogP contribution in [-0.2, 0) is 0 Å². The van der Waals surface area contributed by atoms with Crippen molar-refractivity contribution in [2.24, 2.45) is 0 Å². The molecule has 0 amide bonds. The van der Waals surface area contributed by atoms with Crippen molar-refractivity contribution < 1.29 is 0 Å². The molecule has 0 aliphatic carbocycles. The molecule has 6 nitrogen and oxygen atoms in total. The van der Waals surface area contributed by atoms with Gasteiger partial charge in [0.2, 0.25) is 0 Å². The summed E-state index contributed by atoms with van der Waals surface area (Å²) in [5.41, 5.74) is 16.1. The maximum absolute atomic E-state index is 5.31. The monoisotopic (exact) mass is 204 g/mol. The van der Waals surface area contributed by atoms with Gasteiger partial charge in [0.1, 0.15) is 12.0 Å². The number of anilines is 3. The summed E-state index contributed by atoms with van der Waals surface area (Å²) < 4.78 is 0. The van der Waals surface area contributed by atoms with Crippen molar-refractivity contribution in [2.75, 3.05) is 17.2 Å². The molecule has 78 valence electrons. The fourth-order valence-corrected chi connectivity index (χ4v) is 0.736. The van der Waals surface area contributed by atoms with Gasteiger partial charge in [0.25, 0.3) is 0 Å². The fraction of sp³-hybridized carbons (Fsp3) is 0. The fourth-order valence-electron chi connectivity index (χ4n) is 0.736. The molecule has 0 bridgehead atoms. The molecule has 2 heterocycles. The zero-order valence-electron chi connectivity index (χ0n) is 8.04. The van der Waals surface area contributed by atoms with Crippen molar-refractivity contribution in [2.45, 2.75) is 0 Å². The van der Waals surface area contributed by atoms with Crippen LogP contribution in [0.1, 0.15) is 0 Å². The highest BCUT2D eigenvalue weighted by atomic mass is 15.0. The van der Waals surface area contributed by atoms with Gasteiger partial charge in [0.05, 0.1) is 0 Å². The second kappa shape index (κ2) is 5.38. The van der Waals surface area contributed by atoms with E-state index in [-0.39, 0.29) is 17.3 Å². The molecule has 0 saturated heterocycles. The molecule has 0 atom stereocenters. The average molecular weight is 204 g/mol. The lowest BCUT2D eigenvalue weighted by Crippen LogP contribution is -2.03. The number of nitrogens with two attached hydrogens (primary N) is 3. The van der Waals surface area contributed by atoms with Crippen LogP contribution in [0.5, 0.6) is 0 Å². The van der Waals surface area contributed by atoms with Gasteiger partial charge in [-0.3, -0.25) is 4.98 Å². The number of aromatic nitrogens is 3. The van der Waals surface area contributed by atoms with Gasteiger partial charge in [-0.25, -0.2) is 9.97 Å². The summed E-state index contributed by atoms with van der Waals surface area (Å²) in [6.45, 7) is 0. The smallest absolute Gasteiger partial charge is 0.152 e. The van der Waals surface area contributed by atoms with Crippen LogP contribution in [0.2, 0.25) is 0 Å². The van der Waals surface area contributed by atoms with Gasteiger partial charge in [-0.2, -0.15) is 0 Å². The molecule has 0 radical (unpaired) electrons. The van der Waals surface area contributed by atoms with E-state index < -0.39 is 0 Å². The van der Waals surface area contributed by atoms with E-state index in [4.69, 9.17) is 17.2 Å². The first kappa shape index (κ1) is 10.7. The molecular formula is C9H12N6. The Labute approximate surface area is 87.2 Å². The van der Waals surface area contributed by atoms with E-state index in [2.05, 4.69) is 15.0 Å². The zero-order chi connectivity index (χ0) is 11.1. The molecule has 0 aromatic carbocycles. The van der Waals surface area contributed by atoms with Crippen molar-refractivity contribution in [1.82, 2.24) is 15.0 Å². The third-order valence-corrected chi connectivity index (χ3v) is 1.51. The first-order valence-electron chi connectivity index (χ1n) is 4.18. The average Bonchev–Trinajstić information content (AvgIpc) is 2.29. The highest BCUT2D eigenvalue weighted by Crippen LogP contribution is 2.14. The summed E-state index contributed by atoms with van der Waals surface area (Å²) in [7, 11) is 0. The zero-order valence-corrected chi connectivity index (χ0v) is 8.04. The van der Waals surface area contributed by atoms with Crippen molar-refractivity contribution in [1.29, 1.82) is 0 Å². The van der Waals surface area contributed by atoms with Gasteiger partial charge < -0.3 is 17.2 Å². The van der Waals surface area contributed by atoms with E-state index in [1.807, 2.05) is 18.2 Å². The predicted molar refractivity (Wildman–Crippen MR) is 59.5 cm³/mol. The van der Waals surface area contributed by atoms with Gasteiger partial charge in [-0.15, -0.1) is 0 Å². The summed E-state index contributed by atoms with van der Waals surface area (Å²) in [6.07, 6.45) is 4.76. The van der Waals surface area contributed by atoms with Crippen LogP contribution in [0.25, 0.3) is 0 Å². The normalized spacial score (nSPS) is 8.80. The largest absolute Gasteiger partial charge is 0.393 e. The Morgan fingerprint density at radius 2 is 1.33 bits per heavy atom. The van der Waals surface area contributed by atoms with Gasteiger partial charge in [-0.1, -0.05) is 6.07 Å². The number of pyridine rings is 1. The quantitative estimate of drug-likeness (QED) is 0.568. The van der Waals surface area contributed by atoms with E-state index in [1.165, 1.54) is 6.33 Å². The van der Waals surface area contributed by atoms with Crippen molar-refractivity contribution in [3.05, 3.63) is 36.9 Å². The minimum atomic E-state index is 0.225. The maximum Gasteiger partial charge on any atom is 0.152 e. The van der Waals surface area contributed by atoms with Gasteiger partial charge in [0, 0.05) is 12.4 Å². The molecule has 6 heteroatoms. The molecule has 0 fully saturated rings. The van der Waals surface area contributed by atoms with Crippen LogP contribution in [-0.4, -0.2) is 15.0 Å². The highest BCUT2D eigenvalue weighted by molar-refractivity contribution is 5.69. The van der Waals surface area contributed by atoms with Crippen molar-refractivity contribution in [3.8, 4) is 0 Å². The van der Waals surface area contributed by atoms with Gasteiger partial charge in [-0.05, 0) is 12.1 Å². The standard InChI is InChI=1S/C5H5N.C4H7N5/c1-2-4-6-5-3-1;5-2-3(6)8-1-9-4(2)7/h1-5H;1H,5H2,(H4,6,7,8,9). The summed E-state index contributed by atoms with van der Waals surface area (Å²) in [5.74, 6) is 0.449. The third-order valence-electron chi connectivity index (χ3n) is 1.51.